The molecule has 8 nitrogen and oxygen atoms in total. The van der Waals surface area contributed by atoms with Crippen LogP contribution in [0.15, 0.2) is 65.7 Å². The van der Waals surface area contributed by atoms with Crippen molar-refractivity contribution in [3.05, 3.63) is 77.6 Å². The van der Waals surface area contributed by atoms with Crippen molar-refractivity contribution in [3.8, 4) is 11.3 Å². The van der Waals surface area contributed by atoms with Crippen LogP contribution in [0.3, 0.4) is 0 Å². The van der Waals surface area contributed by atoms with Gasteiger partial charge in [-0.15, -0.1) is 0 Å². The number of fused-ring (bicyclic) bond motifs is 1. The molecule has 1 amide bonds. The second-order valence-electron chi connectivity index (χ2n) is 7.43. The van der Waals surface area contributed by atoms with Gasteiger partial charge in [-0.25, -0.2) is 31.4 Å². The highest BCUT2D eigenvalue weighted by Gasteiger charge is 2.30. The number of rotatable bonds is 6. The molecule has 0 bridgehead atoms. The van der Waals surface area contributed by atoms with Gasteiger partial charge < -0.3 is 5.32 Å². The third kappa shape index (κ3) is 4.90. The smallest absolute Gasteiger partial charge is 0.322 e. The summed E-state index contributed by atoms with van der Waals surface area (Å²) in [6.45, 7) is 0. The molecule has 0 saturated carbocycles. The molecule has 2 aromatic carbocycles. The van der Waals surface area contributed by atoms with E-state index in [0.29, 0.717) is 0 Å². The van der Waals surface area contributed by atoms with Crippen LogP contribution in [0, 0.1) is 0 Å². The Hall–Kier alpha value is -3.91. The molecule has 14 heteroatoms. The Morgan fingerprint density at radius 3 is 2.36 bits per heavy atom. The van der Waals surface area contributed by atoms with Crippen LogP contribution in [-0.4, -0.2) is 36.0 Å². The Labute approximate surface area is 200 Å². The monoisotopic (exact) mass is 525 g/mol. The molecule has 0 aliphatic rings. The third-order valence-corrected chi connectivity index (χ3v) is 6.56. The maximum absolute atomic E-state index is 13.8. The first-order valence-electron chi connectivity index (χ1n) is 10.1. The summed E-state index contributed by atoms with van der Waals surface area (Å²) in [5, 5.41) is 6.28. The summed E-state index contributed by atoms with van der Waals surface area (Å²) in [7, 11) is -2.57. The number of aromatic nitrogens is 3. The van der Waals surface area contributed by atoms with E-state index in [9.17, 15) is 35.2 Å². The fraction of sp³-hybridized carbons (Fsp3) is 0.136. The molecular formula is C22H16F5N5O3S. The van der Waals surface area contributed by atoms with Gasteiger partial charge in [-0.1, -0.05) is 18.2 Å². The summed E-state index contributed by atoms with van der Waals surface area (Å²) >= 11 is 0. The topological polar surface area (TPSA) is 105 Å². The second kappa shape index (κ2) is 9.28. The average Bonchev–Trinajstić information content (AvgIpc) is 3.27. The van der Waals surface area contributed by atoms with Gasteiger partial charge in [-0.05, 0) is 43.4 Å². The summed E-state index contributed by atoms with van der Waals surface area (Å²) in [6, 6.07) is 10.0. The molecule has 188 valence electrons. The van der Waals surface area contributed by atoms with E-state index in [0.717, 1.165) is 41.0 Å². The van der Waals surface area contributed by atoms with Crippen LogP contribution in [-0.2, 0) is 16.2 Å². The van der Waals surface area contributed by atoms with E-state index >= 15 is 0 Å². The molecule has 0 spiro atoms. The zero-order chi connectivity index (χ0) is 26.3. The van der Waals surface area contributed by atoms with Crippen LogP contribution in [0.4, 0.5) is 27.6 Å². The van der Waals surface area contributed by atoms with Crippen molar-refractivity contribution in [1.29, 1.82) is 0 Å². The zero-order valence-electron chi connectivity index (χ0n) is 18.2. The molecule has 2 N–H and O–H groups in total. The van der Waals surface area contributed by atoms with Gasteiger partial charge >= 0.3 is 6.18 Å². The number of hydrogen-bond donors (Lipinski definition) is 2. The Morgan fingerprint density at radius 1 is 1.06 bits per heavy atom. The first kappa shape index (κ1) is 25.2. The van der Waals surface area contributed by atoms with E-state index in [-0.39, 0.29) is 33.1 Å². The normalized spacial score (nSPS) is 12.3. The first-order valence-corrected chi connectivity index (χ1v) is 11.6. The predicted octanol–water partition coefficient (Wildman–Crippen LogP) is 4.51. The van der Waals surface area contributed by atoms with E-state index in [1.807, 2.05) is 0 Å². The molecule has 4 rings (SSSR count). The highest BCUT2D eigenvalue weighted by molar-refractivity contribution is 7.89. The van der Waals surface area contributed by atoms with Crippen molar-refractivity contribution in [1.82, 2.24) is 19.3 Å². The van der Waals surface area contributed by atoms with Gasteiger partial charge in [-0.3, -0.25) is 4.79 Å². The number of alkyl halides is 5. The molecular weight excluding hydrogens is 509 g/mol. The SMILES string of the molecule is CNS(=O)(=O)c1cccc(NC(=O)c2cnn3c(C(F)F)cc(-c4ccc(C(F)(F)F)cc4)nc23)c1. The number of amides is 1. The number of hydrogen-bond acceptors (Lipinski definition) is 5. The van der Waals surface area contributed by atoms with Crippen molar-refractivity contribution in [2.24, 2.45) is 0 Å². The summed E-state index contributed by atoms with van der Waals surface area (Å²) in [6.07, 6.45) is -6.61. The molecule has 0 aliphatic heterocycles. The van der Waals surface area contributed by atoms with E-state index in [2.05, 4.69) is 20.1 Å². The minimum Gasteiger partial charge on any atom is -0.322 e. The Morgan fingerprint density at radius 2 is 1.75 bits per heavy atom. The number of nitrogens with zero attached hydrogens (tertiary/aromatic N) is 3. The van der Waals surface area contributed by atoms with Crippen molar-refractivity contribution >= 4 is 27.3 Å². The summed E-state index contributed by atoms with van der Waals surface area (Å²) in [4.78, 5) is 17.0. The van der Waals surface area contributed by atoms with Gasteiger partial charge in [-0.2, -0.15) is 18.3 Å². The van der Waals surface area contributed by atoms with Crippen LogP contribution in [0.5, 0.6) is 0 Å². The molecule has 2 heterocycles. The molecule has 0 unspecified atom stereocenters. The summed E-state index contributed by atoms with van der Waals surface area (Å²) in [5.74, 6) is -0.818. The van der Waals surface area contributed by atoms with E-state index in [1.165, 1.54) is 31.3 Å². The van der Waals surface area contributed by atoms with Crippen LogP contribution in [0.1, 0.15) is 28.0 Å². The molecule has 36 heavy (non-hydrogen) atoms. The lowest BCUT2D eigenvalue weighted by atomic mass is 10.1. The van der Waals surface area contributed by atoms with Gasteiger partial charge in [0.05, 0.1) is 22.3 Å². The lowest BCUT2D eigenvalue weighted by Gasteiger charge is -2.10. The van der Waals surface area contributed by atoms with Crippen LogP contribution >= 0.6 is 0 Å². The highest BCUT2D eigenvalue weighted by Crippen LogP contribution is 2.32. The van der Waals surface area contributed by atoms with Gasteiger partial charge in [0.15, 0.2) is 5.65 Å². The molecule has 0 atom stereocenters. The van der Waals surface area contributed by atoms with Crippen molar-refractivity contribution in [3.63, 3.8) is 0 Å². The number of nitrogens with one attached hydrogen (secondary N) is 2. The van der Waals surface area contributed by atoms with Gasteiger partial charge in [0.25, 0.3) is 12.3 Å². The molecule has 0 radical (unpaired) electrons. The van der Waals surface area contributed by atoms with Gasteiger partial charge in [0, 0.05) is 11.3 Å². The summed E-state index contributed by atoms with van der Waals surface area (Å²) in [5.41, 5.74) is -1.91. The fourth-order valence-corrected chi connectivity index (χ4v) is 4.11. The molecule has 0 fully saturated rings. The Balaban J connectivity index is 1.75. The van der Waals surface area contributed by atoms with Crippen molar-refractivity contribution in [2.75, 3.05) is 12.4 Å². The predicted molar refractivity (Wildman–Crippen MR) is 119 cm³/mol. The number of sulfonamides is 1. The van der Waals surface area contributed by atoms with E-state index in [1.54, 1.807) is 0 Å². The lowest BCUT2D eigenvalue weighted by molar-refractivity contribution is -0.137. The third-order valence-electron chi connectivity index (χ3n) is 5.15. The Bertz CT molecular complexity index is 1550. The quantitative estimate of drug-likeness (QED) is 0.361. The van der Waals surface area contributed by atoms with Crippen LogP contribution < -0.4 is 10.0 Å². The summed E-state index contributed by atoms with van der Waals surface area (Å²) < 4.78 is 93.1. The minimum atomic E-state index is -4.58. The zero-order valence-corrected chi connectivity index (χ0v) is 19.0. The number of anilines is 1. The van der Waals surface area contributed by atoms with Crippen molar-refractivity contribution in [2.45, 2.75) is 17.5 Å². The first-order chi connectivity index (χ1) is 16.9. The minimum absolute atomic E-state index is 0.0943. The molecule has 0 saturated heterocycles. The Kier molecular flexibility index (Phi) is 6.49. The number of halogens is 5. The second-order valence-corrected chi connectivity index (χ2v) is 9.31. The van der Waals surface area contributed by atoms with Crippen molar-refractivity contribution < 1.29 is 35.2 Å². The number of carbonyl (C=O) groups is 1. The number of benzene rings is 2. The molecule has 2 aromatic heterocycles. The van der Waals surface area contributed by atoms with E-state index in [4.69, 9.17) is 0 Å². The van der Waals surface area contributed by atoms with Crippen LogP contribution in [0.25, 0.3) is 16.9 Å². The van der Waals surface area contributed by atoms with Gasteiger partial charge in [0.2, 0.25) is 10.0 Å². The largest absolute Gasteiger partial charge is 0.416 e. The van der Waals surface area contributed by atoms with Gasteiger partial charge in [0.1, 0.15) is 11.3 Å². The fourth-order valence-electron chi connectivity index (χ4n) is 3.34. The highest BCUT2D eigenvalue weighted by atomic mass is 32.2. The molecule has 4 aromatic rings. The lowest BCUT2D eigenvalue weighted by Crippen LogP contribution is -2.19. The standard InChI is InChI=1S/C22H16F5N5O3S/c1-28-36(34,35)15-4-2-3-14(9-15)30-21(33)16-11-29-32-18(19(23)24)10-17(31-20(16)32)12-5-7-13(8-6-12)22(25,26)27/h2-11,19,28H,1H3,(H,30,33). The van der Waals surface area contributed by atoms with E-state index < -0.39 is 39.8 Å². The molecule has 0 aliphatic carbocycles. The maximum atomic E-state index is 13.8. The van der Waals surface area contributed by atoms with Crippen LogP contribution in [0.2, 0.25) is 0 Å². The average molecular weight is 525 g/mol. The maximum Gasteiger partial charge on any atom is 0.416 e. The number of carbonyl (C=O) groups excluding carboxylic acids is 1.